The number of nitro groups is 1. The molecule has 0 spiro atoms. The third kappa shape index (κ3) is 6.20. The van der Waals surface area contributed by atoms with Gasteiger partial charge in [0.25, 0.3) is 5.69 Å². The highest BCUT2D eigenvalue weighted by Gasteiger charge is 2.08. The highest BCUT2D eigenvalue weighted by Crippen LogP contribution is 2.23. The summed E-state index contributed by atoms with van der Waals surface area (Å²) in [7, 11) is 0. The molecule has 1 aromatic rings. The van der Waals surface area contributed by atoms with Crippen LogP contribution >= 0.6 is 22.6 Å². The lowest BCUT2D eigenvalue weighted by Gasteiger charge is -2.09. The Morgan fingerprint density at radius 2 is 2.21 bits per heavy atom. The van der Waals surface area contributed by atoms with Crippen molar-refractivity contribution in [1.29, 1.82) is 0 Å². The van der Waals surface area contributed by atoms with Crippen molar-refractivity contribution < 1.29 is 9.66 Å². The lowest BCUT2D eigenvalue weighted by atomic mass is 10.2. The molecular weight excluding hydrogens is 359 g/mol. The number of nitrogens with zero attached hydrogens (tertiary/aromatic N) is 1. The van der Waals surface area contributed by atoms with Crippen LogP contribution in [0.1, 0.15) is 20.3 Å². The second-order valence-electron chi connectivity index (χ2n) is 4.67. The summed E-state index contributed by atoms with van der Waals surface area (Å²) in [5.41, 5.74) is 1.05. The van der Waals surface area contributed by atoms with Gasteiger partial charge in [0, 0.05) is 41.1 Å². The van der Waals surface area contributed by atoms with Gasteiger partial charge in [0.2, 0.25) is 0 Å². The third-order valence-electron chi connectivity index (χ3n) is 2.40. The average Bonchev–Trinajstić information content (AvgIpc) is 2.34. The van der Waals surface area contributed by atoms with E-state index in [4.69, 9.17) is 4.74 Å². The molecule has 1 rings (SSSR count). The lowest BCUT2D eigenvalue weighted by molar-refractivity contribution is -0.384. The lowest BCUT2D eigenvalue weighted by Crippen LogP contribution is -2.09. The summed E-state index contributed by atoms with van der Waals surface area (Å²) in [4.78, 5) is 10.2. The zero-order chi connectivity index (χ0) is 14.3. The van der Waals surface area contributed by atoms with Gasteiger partial charge in [-0.1, -0.05) is 13.8 Å². The van der Waals surface area contributed by atoms with Crippen LogP contribution < -0.4 is 5.32 Å². The van der Waals surface area contributed by atoms with Crippen molar-refractivity contribution in [3.05, 3.63) is 31.9 Å². The average molecular weight is 378 g/mol. The van der Waals surface area contributed by atoms with Crippen molar-refractivity contribution in [2.45, 2.75) is 20.3 Å². The van der Waals surface area contributed by atoms with Crippen LogP contribution in [0.2, 0.25) is 0 Å². The molecule has 106 valence electrons. The summed E-state index contributed by atoms with van der Waals surface area (Å²) in [5.74, 6) is 0.559. The van der Waals surface area contributed by atoms with E-state index in [2.05, 4.69) is 41.8 Å². The fraction of sp³-hybridized carbons (Fsp3) is 0.538. The van der Waals surface area contributed by atoms with Gasteiger partial charge in [-0.15, -0.1) is 0 Å². The van der Waals surface area contributed by atoms with Gasteiger partial charge < -0.3 is 10.1 Å². The minimum atomic E-state index is -0.383. The first-order chi connectivity index (χ1) is 9.00. The number of non-ortho nitro benzene ring substituents is 1. The van der Waals surface area contributed by atoms with E-state index in [-0.39, 0.29) is 10.6 Å². The zero-order valence-corrected chi connectivity index (χ0v) is 13.3. The highest BCUT2D eigenvalue weighted by molar-refractivity contribution is 14.1. The Hall–Kier alpha value is -0.890. The molecule has 0 aliphatic rings. The van der Waals surface area contributed by atoms with Crippen molar-refractivity contribution in [3.8, 4) is 0 Å². The van der Waals surface area contributed by atoms with Crippen molar-refractivity contribution in [2.75, 3.05) is 25.1 Å². The van der Waals surface area contributed by atoms with E-state index < -0.39 is 0 Å². The van der Waals surface area contributed by atoms with Gasteiger partial charge in [-0.05, 0) is 41.0 Å². The largest absolute Gasteiger partial charge is 0.384 e. The molecule has 1 N–H and O–H groups in total. The first-order valence-corrected chi connectivity index (χ1v) is 7.34. The summed E-state index contributed by atoms with van der Waals surface area (Å²) >= 11 is 2.10. The summed E-state index contributed by atoms with van der Waals surface area (Å²) in [5, 5.41) is 13.9. The topological polar surface area (TPSA) is 64.4 Å². The maximum absolute atomic E-state index is 10.6. The predicted octanol–water partition coefficient (Wildman–Crippen LogP) is 3.67. The minimum Gasteiger partial charge on any atom is -0.384 e. The van der Waals surface area contributed by atoms with Gasteiger partial charge in [0.15, 0.2) is 0 Å². The van der Waals surface area contributed by atoms with Gasteiger partial charge in [-0.2, -0.15) is 0 Å². The Morgan fingerprint density at radius 1 is 1.47 bits per heavy atom. The van der Waals surface area contributed by atoms with Crippen LogP contribution in [-0.2, 0) is 4.74 Å². The fourth-order valence-corrected chi connectivity index (χ4v) is 2.17. The van der Waals surface area contributed by atoms with Crippen molar-refractivity contribution in [3.63, 3.8) is 0 Å². The van der Waals surface area contributed by atoms with E-state index >= 15 is 0 Å². The molecule has 1 aromatic carbocycles. The Balaban J connectivity index is 2.32. The fourth-order valence-electron chi connectivity index (χ4n) is 1.48. The van der Waals surface area contributed by atoms with E-state index in [1.54, 1.807) is 12.1 Å². The first kappa shape index (κ1) is 16.2. The molecule has 5 nitrogen and oxygen atoms in total. The molecule has 0 aromatic heterocycles. The molecule has 6 heteroatoms. The van der Waals surface area contributed by atoms with Crippen molar-refractivity contribution in [2.24, 2.45) is 5.92 Å². The van der Waals surface area contributed by atoms with Crippen molar-refractivity contribution in [1.82, 2.24) is 0 Å². The molecule has 0 unspecified atom stereocenters. The summed E-state index contributed by atoms with van der Waals surface area (Å²) in [6.07, 6.45) is 0.916. The monoisotopic (exact) mass is 378 g/mol. The number of nitro benzene ring substituents is 1. The minimum absolute atomic E-state index is 0.121. The maximum atomic E-state index is 10.6. The second-order valence-corrected chi connectivity index (χ2v) is 5.83. The third-order valence-corrected chi connectivity index (χ3v) is 3.29. The van der Waals surface area contributed by atoms with Gasteiger partial charge in [0.05, 0.1) is 4.92 Å². The zero-order valence-electron chi connectivity index (χ0n) is 11.2. The van der Waals surface area contributed by atoms with E-state index in [1.165, 1.54) is 6.07 Å². The van der Waals surface area contributed by atoms with Crippen LogP contribution in [0.3, 0.4) is 0 Å². The Morgan fingerprint density at radius 3 is 2.79 bits per heavy atom. The Labute approximate surface area is 127 Å². The number of halogens is 1. The molecule has 0 aliphatic heterocycles. The molecule has 0 radical (unpaired) electrons. The van der Waals surface area contributed by atoms with Crippen LogP contribution in [0.15, 0.2) is 18.2 Å². The second kappa shape index (κ2) is 8.31. The molecule has 0 amide bonds. The number of hydrogen-bond donors (Lipinski definition) is 1. The molecule has 0 fully saturated rings. The molecule has 19 heavy (non-hydrogen) atoms. The molecule has 0 bridgehead atoms. The molecule has 0 saturated heterocycles. The summed E-state index contributed by atoms with van der Waals surface area (Å²) in [6, 6.07) is 4.83. The Kier molecular flexibility index (Phi) is 7.07. The first-order valence-electron chi connectivity index (χ1n) is 6.26. The predicted molar refractivity (Wildman–Crippen MR) is 84.6 cm³/mol. The summed E-state index contributed by atoms with van der Waals surface area (Å²) in [6.45, 7) is 6.56. The van der Waals surface area contributed by atoms with Crippen LogP contribution in [0, 0.1) is 19.6 Å². The summed E-state index contributed by atoms with van der Waals surface area (Å²) < 4.78 is 6.34. The van der Waals surface area contributed by atoms with Crippen LogP contribution in [0.25, 0.3) is 0 Å². The molecule has 0 heterocycles. The van der Waals surface area contributed by atoms with Crippen molar-refractivity contribution >= 4 is 34.0 Å². The van der Waals surface area contributed by atoms with Crippen LogP contribution in [0.5, 0.6) is 0 Å². The van der Waals surface area contributed by atoms with Gasteiger partial charge >= 0.3 is 0 Å². The smallest absolute Gasteiger partial charge is 0.270 e. The number of nitrogens with one attached hydrogen (secondary N) is 1. The van der Waals surface area contributed by atoms with E-state index in [9.17, 15) is 10.1 Å². The molecule has 0 saturated carbocycles. The normalized spacial score (nSPS) is 10.7. The number of benzene rings is 1. The van der Waals surface area contributed by atoms with Gasteiger partial charge in [0.1, 0.15) is 0 Å². The van der Waals surface area contributed by atoms with E-state index in [0.717, 1.165) is 35.4 Å². The number of anilines is 1. The number of hydrogen-bond acceptors (Lipinski definition) is 4. The van der Waals surface area contributed by atoms with E-state index in [0.29, 0.717) is 5.92 Å². The van der Waals surface area contributed by atoms with Crippen LogP contribution in [-0.4, -0.2) is 24.7 Å². The van der Waals surface area contributed by atoms with Crippen LogP contribution in [0.4, 0.5) is 11.4 Å². The maximum Gasteiger partial charge on any atom is 0.270 e. The van der Waals surface area contributed by atoms with E-state index in [1.807, 2.05) is 0 Å². The molecule has 0 aliphatic carbocycles. The standard InChI is InChI=1S/C13H19IN2O3/c1-10(2)9-19-7-3-6-15-13-5-4-11(16(17)18)8-12(13)14/h4-5,8,10,15H,3,6-7,9H2,1-2H3. The number of ether oxygens (including phenoxy) is 1. The molecule has 0 atom stereocenters. The number of rotatable bonds is 8. The SMILES string of the molecule is CC(C)COCCCNc1ccc([N+](=O)[O-])cc1I. The quantitative estimate of drug-likeness (QED) is 0.325. The van der Waals surface area contributed by atoms with Gasteiger partial charge in [-0.3, -0.25) is 10.1 Å². The highest BCUT2D eigenvalue weighted by atomic mass is 127. The Bertz CT molecular complexity index is 424. The van der Waals surface area contributed by atoms with Gasteiger partial charge in [-0.25, -0.2) is 0 Å². The molecular formula is C13H19IN2O3.